The molecule has 1 aromatic rings. The normalized spacial score (nSPS) is 19.0. The van der Waals surface area contributed by atoms with Gasteiger partial charge in [0.25, 0.3) is 0 Å². The van der Waals surface area contributed by atoms with Crippen LogP contribution in [0.3, 0.4) is 0 Å². The molecule has 0 unspecified atom stereocenters. The van der Waals surface area contributed by atoms with Crippen LogP contribution in [0.1, 0.15) is 43.2 Å². The highest BCUT2D eigenvalue weighted by atomic mass is 32.2. The fraction of sp³-hybridized carbons (Fsp3) is 0.632. The highest BCUT2D eigenvalue weighted by Crippen LogP contribution is 2.25. The molecule has 2 aliphatic rings. The summed E-state index contributed by atoms with van der Waals surface area (Å²) in [6.07, 6.45) is 5.90. The zero-order valence-electron chi connectivity index (χ0n) is 15.4. The minimum absolute atomic E-state index is 0.0102. The summed E-state index contributed by atoms with van der Waals surface area (Å²) in [5.74, 6) is 0.821. The molecule has 1 N–H and O–H groups in total. The number of amides is 1. The fourth-order valence-electron chi connectivity index (χ4n) is 3.81. The van der Waals surface area contributed by atoms with Crippen LogP contribution in [0, 0.1) is 5.92 Å². The Kier molecular flexibility index (Phi) is 6.19. The van der Waals surface area contributed by atoms with E-state index in [0.717, 1.165) is 42.6 Å². The van der Waals surface area contributed by atoms with Crippen LogP contribution in [0.25, 0.3) is 0 Å². The number of rotatable bonds is 6. The van der Waals surface area contributed by atoms with E-state index in [9.17, 15) is 13.2 Å². The lowest BCUT2D eigenvalue weighted by atomic mass is 9.89. The van der Waals surface area contributed by atoms with Crippen LogP contribution in [0.4, 0.5) is 0 Å². The van der Waals surface area contributed by atoms with E-state index < -0.39 is 10.0 Å². The molecule has 1 aliphatic carbocycles. The van der Waals surface area contributed by atoms with Gasteiger partial charge in [-0.2, -0.15) is 4.31 Å². The van der Waals surface area contributed by atoms with Gasteiger partial charge in [0.1, 0.15) is 5.75 Å². The van der Waals surface area contributed by atoms with Crippen LogP contribution in [0.2, 0.25) is 0 Å². The summed E-state index contributed by atoms with van der Waals surface area (Å²) in [6.45, 7) is 1.04. The summed E-state index contributed by atoms with van der Waals surface area (Å²) in [5, 5.41) is 2.82. The third kappa shape index (κ3) is 4.57. The second-order valence-electron chi connectivity index (χ2n) is 7.16. The molecule has 6 nitrogen and oxygen atoms in total. The number of carbonyl (C=O) groups excluding carboxylic acids is 1. The SMILES string of the molecule is COc1ccc2c(c1)CCN(S(=O)(=O)CCNC(=O)C1CCCCC1)C2. The first kappa shape index (κ1) is 19.2. The Bertz CT molecular complexity index is 742. The molecule has 1 fully saturated rings. The minimum atomic E-state index is -3.38. The van der Waals surface area contributed by atoms with Crippen LogP contribution in [0.15, 0.2) is 18.2 Å². The predicted molar refractivity (Wildman–Crippen MR) is 100 cm³/mol. The average molecular weight is 381 g/mol. The highest BCUT2D eigenvalue weighted by molar-refractivity contribution is 7.89. The summed E-state index contributed by atoms with van der Waals surface area (Å²) in [4.78, 5) is 12.2. The Morgan fingerprint density at radius 1 is 1.23 bits per heavy atom. The van der Waals surface area contributed by atoms with E-state index in [0.29, 0.717) is 19.5 Å². The lowest BCUT2D eigenvalue weighted by Crippen LogP contribution is -2.41. The highest BCUT2D eigenvalue weighted by Gasteiger charge is 2.27. The standard InChI is InChI=1S/C19H28N2O4S/c1-25-18-8-7-17-14-21(11-9-16(17)13-18)26(23,24)12-10-20-19(22)15-5-3-2-4-6-15/h7-8,13,15H,2-6,9-12,14H2,1H3,(H,20,22). The predicted octanol–water partition coefficient (Wildman–Crippen LogP) is 2.08. The molecular formula is C19H28N2O4S. The van der Waals surface area contributed by atoms with E-state index >= 15 is 0 Å². The maximum atomic E-state index is 12.6. The zero-order chi connectivity index (χ0) is 18.6. The average Bonchev–Trinajstić information content (AvgIpc) is 2.67. The van der Waals surface area contributed by atoms with Crippen molar-refractivity contribution in [2.75, 3.05) is 26.0 Å². The Balaban J connectivity index is 1.52. The molecule has 26 heavy (non-hydrogen) atoms. The molecule has 0 saturated heterocycles. The maximum absolute atomic E-state index is 12.6. The van der Waals surface area contributed by atoms with Crippen LogP contribution < -0.4 is 10.1 Å². The van der Waals surface area contributed by atoms with Gasteiger partial charge < -0.3 is 10.1 Å². The van der Waals surface area contributed by atoms with E-state index in [4.69, 9.17) is 4.74 Å². The Morgan fingerprint density at radius 3 is 2.73 bits per heavy atom. The lowest BCUT2D eigenvalue weighted by molar-refractivity contribution is -0.125. The van der Waals surface area contributed by atoms with E-state index in [1.54, 1.807) is 7.11 Å². The number of hydrogen-bond acceptors (Lipinski definition) is 4. The second-order valence-corrected chi connectivity index (χ2v) is 9.25. The smallest absolute Gasteiger partial charge is 0.223 e. The van der Waals surface area contributed by atoms with Crippen molar-refractivity contribution < 1.29 is 17.9 Å². The largest absolute Gasteiger partial charge is 0.497 e. The van der Waals surface area contributed by atoms with E-state index in [-0.39, 0.29) is 24.1 Å². The van der Waals surface area contributed by atoms with Crippen LogP contribution >= 0.6 is 0 Å². The number of sulfonamides is 1. The topological polar surface area (TPSA) is 75.7 Å². The molecule has 0 radical (unpaired) electrons. The van der Waals surface area contributed by atoms with Gasteiger partial charge >= 0.3 is 0 Å². The Morgan fingerprint density at radius 2 is 2.00 bits per heavy atom. The molecule has 0 aromatic heterocycles. The third-order valence-electron chi connectivity index (χ3n) is 5.42. The molecule has 144 valence electrons. The van der Waals surface area contributed by atoms with Crippen molar-refractivity contribution in [3.63, 3.8) is 0 Å². The Hall–Kier alpha value is -1.60. The molecule has 0 atom stereocenters. The zero-order valence-corrected chi connectivity index (χ0v) is 16.2. The first-order valence-corrected chi connectivity index (χ1v) is 11.0. The number of nitrogens with zero attached hydrogens (tertiary/aromatic N) is 1. The molecule has 7 heteroatoms. The van der Waals surface area contributed by atoms with Gasteiger partial charge in [0.2, 0.25) is 15.9 Å². The van der Waals surface area contributed by atoms with Gasteiger partial charge in [0.05, 0.1) is 12.9 Å². The van der Waals surface area contributed by atoms with Crippen LogP contribution in [-0.2, 0) is 27.8 Å². The van der Waals surface area contributed by atoms with E-state index in [1.165, 1.54) is 10.7 Å². The van der Waals surface area contributed by atoms with Crippen LogP contribution in [-0.4, -0.2) is 44.6 Å². The molecule has 0 bridgehead atoms. The summed E-state index contributed by atoms with van der Waals surface area (Å²) in [5.41, 5.74) is 2.16. The summed E-state index contributed by atoms with van der Waals surface area (Å²) >= 11 is 0. The van der Waals surface area contributed by atoms with Gasteiger partial charge in [-0.3, -0.25) is 4.79 Å². The van der Waals surface area contributed by atoms with Crippen molar-refractivity contribution in [3.05, 3.63) is 29.3 Å². The number of ether oxygens (including phenoxy) is 1. The van der Waals surface area contributed by atoms with Crippen molar-refractivity contribution in [2.45, 2.75) is 45.1 Å². The number of methoxy groups -OCH3 is 1. The number of carbonyl (C=O) groups is 1. The van der Waals surface area contributed by atoms with Crippen LogP contribution in [0.5, 0.6) is 5.75 Å². The van der Waals surface area contributed by atoms with Gasteiger partial charge in [-0.1, -0.05) is 25.3 Å². The van der Waals surface area contributed by atoms with Gasteiger partial charge in [-0.05, 0) is 42.5 Å². The molecule has 0 spiro atoms. The number of benzene rings is 1. The number of fused-ring (bicyclic) bond motifs is 1. The molecular weight excluding hydrogens is 352 g/mol. The second kappa shape index (κ2) is 8.39. The summed E-state index contributed by atoms with van der Waals surface area (Å²) in [7, 11) is -1.75. The summed E-state index contributed by atoms with van der Waals surface area (Å²) < 4.78 is 32.0. The lowest BCUT2D eigenvalue weighted by Gasteiger charge is -2.28. The first-order valence-electron chi connectivity index (χ1n) is 9.41. The van der Waals surface area contributed by atoms with Gasteiger partial charge in [0, 0.05) is 25.6 Å². The van der Waals surface area contributed by atoms with Gasteiger partial charge in [-0.15, -0.1) is 0 Å². The van der Waals surface area contributed by atoms with Crippen molar-refractivity contribution >= 4 is 15.9 Å². The van der Waals surface area contributed by atoms with Crippen molar-refractivity contribution in [2.24, 2.45) is 5.92 Å². The molecule has 1 heterocycles. The van der Waals surface area contributed by atoms with Crippen molar-refractivity contribution in [1.29, 1.82) is 0 Å². The molecule has 1 amide bonds. The maximum Gasteiger partial charge on any atom is 0.223 e. The first-order chi connectivity index (χ1) is 12.5. The van der Waals surface area contributed by atoms with E-state index in [1.807, 2.05) is 18.2 Å². The van der Waals surface area contributed by atoms with Crippen molar-refractivity contribution in [1.82, 2.24) is 9.62 Å². The monoisotopic (exact) mass is 380 g/mol. The quantitative estimate of drug-likeness (QED) is 0.820. The van der Waals surface area contributed by atoms with E-state index in [2.05, 4.69) is 5.32 Å². The summed E-state index contributed by atoms with van der Waals surface area (Å²) in [6, 6.07) is 5.77. The third-order valence-corrected chi connectivity index (χ3v) is 7.24. The molecule has 3 rings (SSSR count). The number of hydrogen-bond donors (Lipinski definition) is 1. The molecule has 1 aliphatic heterocycles. The van der Waals surface area contributed by atoms with Gasteiger partial charge in [-0.25, -0.2) is 8.42 Å². The van der Waals surface area contributed by atoms with Crippen molar-refractivity contribution in [3.8, 4) is 5.75 Å². The molecule has 1 saturated carbocycles. The van der Waals surface area contributed by atoms with Gasteiger partial charge in [0.15, 0.2) is 0 Å². The number of nitrogens with one attached hydrogen (secondary N) is 1. The Labute approximate surface area is 156 Å². The molecule has 1 aromatic carbocycles. The fourth-order valence-corrected chi connectivity index (χ4v) is 5.13. The minimum Gasteiger partial charge on any atom is -0.497 e.